The van der Waals surface area contributed by atoms with Gasteiger partial charge in [-0.1, -0.05) is 6.92 Å². The van der Waals surface area contributed by atoms with Gasteiger partial charge >= 0.3 is 0 Å². The molecule has 150 valence electrons. The van der Waals surface area contributed by atoms with Crippen LogP contribution in [0.25, 0.3) is 0 Å². The lowest BCUT2D eigenvalue weighted by atomic mass is 9.87. The number of benzene rings is 1. The van der Waals surface area contributed by atoms with E-state index in [1.807, 2.05) is 19.1 Å². The first-order chi connectivity index (χ1) is 13.0. The number of aliphatic hydroxyl groups excluding tert-OH is 2. The van der Waals surface area contributed by atoms with Crippen LogP contribution in [0.4, 0.5) is 0 Å². The highest BCUT2D eigenvalue weighted by Crippen LogP contribution is 2.42. The van der Waals surface area contributed by atoms with Gasteiger partial charge < -0.3 is 29.2 Å². The first-order valence-electron chi connectivity index (χ1n) is 9.05. The van der Waals surface area contributed by atoms with Gasteiger partial charge in [0.05, 0.1) is 52.2 Å². The molecule has 0 aliphatic heterocycles. The van der Waals surface area contributed by atoms with Gasteiger partial charge in [0.15, 0.2) is 0 Å². The molecule has 0 saturated carbocycles. The fourth-order valence-electron chi connectivity index (χ4n) is 3.38. The fraction of sp³-hybridized carbons (Fsp3) is 0.524. The molecule has 0 radical (unpaired) electrons. The lowest BCUT2D eigenvalue weighted by molar-refractivity contribution is 0.0904. The third-order valence-corrected chi connectivity index (χ3v) is 4.98. The summed E-state index contributed by atoms with van der Waals surface area (Å²) in [5, 5.41) is 22.0. The van der Waals surface area contributed by atoms with Crippen molar-refractivity contribution in [3.63, 3.8) is 0 Å². The zero-order valence-electron chi connectivity index (χ0n) is 16.7. The Morgan fingerprint density at radius 2 is 1.67 bits per heavy atom. The van der Waals surface area contributed by atoms with Crippen molar-refractivity contribution in [2.75, 3.05) is 28.4 Å². The molecule has 0 aromatic heterocycles. The normalized spacial score (nSPS) is 27.6. The first-order valence-corrected chi connectivity index (χ1v) is 9.05. The number of rotatable bonds is 4. The van der Waals surface area contributed by atoms with Crippen molar-refractivity contribution in [1.29, 1.82) is 0 Å². The van der Waals surface area contributed by atoms with Crippen molar-refractivity contribution in [3.05, 3.63) is 46.9 Å². The molecule has 0 spiro atoms. The van der Waals surface area contributed by atoms with Crippen LogP contribution < -0.4 is 9.47 Å². The number of aliphatic hydroxyl groups is 2. The standard InChI is InChI=1S/C21H30O6/c1-13-18(26-4)8-6-7-14(24-2)9-10-17(22)16-11-15(25-3)12-19(27-5)20(16)21(13)23/h8-9,11-13,17,21-23H,6-7,10H2,1-5H3/b14-9+,18-8+. The molecule has 1 aliphatic rings. The first kappa shape index (κ1) is 21.1. The van der Waals surface area contributed by atoms with Crippen molar-refractivity contribution in [2.24, 2.45) is 5.92 Å². The van der Waals surface area contributed by atoms with E-state index in [0.29, 0.717) is 47.6 Å². The molecule has 6 nitrogen and oxygen atoms in total. The summed E-state index contributed by atoms with van der Waals surface area (Å²) in [6.45, 7) is 1.89. The highest BCUT2D eigenvalue weighted by Gasteiger charge is 2.29. The minimum atomic E-state index is -0.910. The molecule has 0 amide bonds. The van der Waals surface area contributed by atoms with Crippen molar-refractivity contribution < 1.29 is 29.2 Å². The third kappa shape index (κ3) is 4.76. The SMILES string of the molecule is CO/C1=C/CC(O)c2cc(OC)cc(OC)c2C(O)C(C)/C(OC)=C\CC1. The van der Waals surface area contributed by atoms with E-state index < -0.39 is 12.2 Å². The molecule has 0 fully saturated rings. The second-order valence-corrected chi connectivity index (χ2v) is 6.54. The summed E-state index contributed by atoms with van der Waals surface area (Å²) in [6.07, 6.45) is 3.84. The summed E-state index contributed by atoms with van der Waals surface area (Å²) >= 11 is 0. The van der Waals surface area contributed by atoms with Gasteiger partial charge in [0, 0.05) is 24.0 Å². The van der Waals surface area contributed by atoms with E-state index in [4.69, 9.17) is 18.9 Å². The summed E-state index contributed by atoms with van der Waals surface area (Å²) in [5.74, 6) is 2.17. The van der Waals surface area contributed by atoms with Crippen LogP contribution in [0.3, 0.4) is 0 Å². The third-order valence-electron chi connectivity index (χ3n) is 4.98. The second-order valence-electron chi connectivity index (χ2n) is 6.54. The summed E-state index contributed by atoms with van der Waals surface area (Å²) in [4.78, 5) is 0. The molecule has 0 heterocycles. The Balaban J connectivity index is 2.65. The van der Waals surface area contributed by atoms with Gasteiger partial charge in [-0.3, -0.25) is 0 Å². The van der Waals surface area contributed by atoms with E-state index in [1.165, 1.54) is 7.11 Å². The number of ether oxygens (including phenoxy) is 4. The molecular formula is C21H30O6. The molecular weight excluding hydrogens is 348 g/mol. The van der Waals surface area contributed by atoms with E-state index in [1.54, 1.807) is 33.5 Å². The van der Waals surface area contributed by atoms with Gasteiger partial charge in [0.25, 0.3) is 0 Å². The zero-order chi connectivity index (χ0) is 20.0. The molecule has 1 aromatic carbocycles. The van der Waals surface area contributed by atoms with Crippen LogP contribution in [0.5, 0.6) is 11.5 Å². The monoisotopic (exact) mass is 378 g/mol. The van der Waals surface area contributed by atoms with E-state index in [-0.39, 0.29) is 5.92 Å². The lowest BCUT2D eigenvalue weighted by Crippen LogP contribution is -2.18. The molecule has 0 bridgehead atoms. The van der Waals surface area contributed by atoms with Gasteiger partial charge in [0.1, 0.15) is 11.5 Å². The van der Waals surface area contributed by atoms with E-state index >= 15 is 0 Å². The van der Waals surface area contributed by atoms with Gasteiger partial charge in [-0.2, -0.15) is 0 Å². The molecule has 2 rings (SSSR count). The van der Waals surface area contributed by atoms with E-state index in [0.717, 1.165) is 5.76 Å². The van der Waals surface area contributed by atoms with Crippen molar-refractivity contribution in [2.45, 2.75) is 38.4 Å². The highest BCUT2D eigenvalue weighted by molar-refractivity contribution is 5.49. The lowest BCUT2D eigenvalue weighted by Gasteiger charge is -2.27. The molecule has 6 heteroatoms. The topological polar surface area (TPSA) is 77.4 Å². The summed E-state index contributed by atoms with van der Waals surface area (Å²) in [6, 6.07) is 3.45. The Hall–Kier alpha value is -2.18. The molecule has 27 heavy (non-hydrogen) atoms. The van der Waals surface area contributed by atoms with Gasteiger partial charge in [-0.25, -0.2) is 0 Å². The minimum Gasteiger partial charge on any atom is -0.501 e. The summed E-state index contributed by atoms with van der Waals surface area (Å²) < 4.78 is 21.8. The molecule has 1 aliphatic carbocycles. The predicted molar refractivity (Wildman–Crippen MR) is 103 cm³/mol. The number of hydrogen-bond acceptors (Lipinski definition) is 6. The van der Waals surface area contributed by atoms with Crippen LogP contribution in [0, 0.1) is 5.92 Å². The van der Waals surface area contributed by atoms with Crippen LogP contribution in [0.15, 0.2) is 35.8 Å². The van der Waals surface area contributed by atoms with Gasteiger partial charge in [-0.15, -0.1) is 0 Å². The number of methoxy groups -OCH3 is 4. The Labute approximate surface area is 161 Å². The van der Waals surface area contributed by atoms with Crippen LogP contribution in [0.2, 0.25) is 0 Å². The maximum absolute atomic E-state index is 11.1. The molecule has 3 atom stereocenters. The molecule has 2 N–H and O–H groups in total. The maximum Gasteiger partial charge on any atom is 0.128 e. The average molecular weight is 378 g/mol. The number of hydrogen-bond donors (Lipinski definition) is 2. The van der Waals surface area contributed by atoms with Crippen molar-refractivity contribution in [3.8, 4) is 11.5 Å². The largest absolute Gasteiger partial charge is 0.501 e. The molecule has 1 aromatic rings. The summed E-state index contributed by atoms with van der Waals surface area (Å²) in [5.41, 5.74) is 1.10. The highest BCUT2D eigenvalue weighted by atomic mass is 16.5. The quantitative estimate of drug-likeness (QED) is 0.833. The second kappa shape index (κ2) is 9.67. The predicted octanol–water partition coefficient (Wildman–Crippen LogP) is 3.65. The van der Waals surface area contributed by atoms with Gasteiger partial charge in [-0.05, 0) is 36.6 Å². The smallest absolute Gasteiger partial charge is 0.128 e. The van der Waals surface area contributed by atoms with E-state index in [9.17, 15) is 10.2 Å². The minimum absolute atomic E-state index is 0.322. The Bertz CT molecular complexity index is 694. The van der Waals surface area contributed by atoms with Crippen LogP contribution >= 0.6 is 0 Å². The van der Waals surface area contributed by atoms with Gasteiger partial charge in [0.2, 0.25) is 0 Å². The van der Waals surface area contributed by atoms with Crippen LogP contribution in [-0.2, 0) is 9.47 Å². The Morgan fingerprint density at radius 3 is 2.26 bits per heavy atom. The fourth-order valence-corrected chi connectivity index (χ4v) is 3.38. The maximum atomic E-state index is 11.1. The molecule has 0 saturated heterocycles. The summed E-state index contributed by atoms with van der Waals surface area (Å²) in [7, 11) is 6.30. The molecule has 3 unspecified atom stereocenters. The zero-order valence-corrected chi connectivity index (χ0v) is 16.7. The average Bonchev–Trinajstić information content (AvgIpc) is 2.70. The Kier molecular flexibility index (Phi) is 7.56. The van der Waals surface area contributed by atoms with E-state index in [2.05, 4.69) is 0 Å². The van der Waals surface area contributed by atoms with Crippen molar-refractivity contribution in [1.82, 2.24) is 0 Å². The number of fused-ring (bicyclic) bond motifs is 1. The Morgan fingerprint density at radius 1 is 0.926 bits per heavy atom. The van der Waals surface area contributed by atoms with Crippen LogP contribution in [-0.4, -0.2) is 38.7 Å². The van der Waals surface area contributed by atoms with Crippen molar-refractivity contribution >= 4 is 0 Å². The number of allylic oxidation sites excluding steroid dienone is 2. The van der Waals surface area contributed by atoms with Crippen LogP contribution in [0.1, 0.15) is 49.5 Å².